The first kappa shape index (κ1) is 10.4. The summed E-state index contributed by atoms with van der Waals surface area (Å²) in [6.45, 7) is 2.12. The molecule has 0 amide bonds. The number of halogens is 1. The average Bonchev–Trinajstić information content (AvgIpc) is 2.18. The minimum atomic E-state index is 0.444. The zero-order chi connectivity index (χ0) is 9.68. The van der Waals surface area contributed by atoms with Crippen molar-refractivity contribution >= 4 is 15.9 Å². The molecule has 1 heterocycles. The lowest BCUT2D eigenvalue weighted by atomic mass is 10.2. The molecule has 0 fully saturated rings. The van der Waals surface area contributed by atoms with Crippen LogP contribution >= 0.6 is 15.9 Å². The predicted octanol–water partition coefficient (Wildman–Crippen LogP) is 2.20. The Labute approximate surface area is 86.7 Å². The normalized spacial score (nSPS) is 12.5. The first-order valence-corrected chi connectivity index (χ1v) is 5.17. The van der Waals surface area contributed by atoms with Gasteiger partial charge in [-0.05, 0) is 6.42 Å². The molecule has 0 saturated carbocycles. The Balaban J connectivity index is 2.66. The molecule has 1 aromatic rings. The molecular formula is C9H13BrN2O. The van der Waals surface area contributed by atoms with E-state index in [4.69, 9.17) is 4.74 Å². The number of aromatic nitrogens is 2. The van der Waals surface area contributed by atoms with Crippen molar-refractivity contribution in [1.82, 2.24) is 9.97 Å². The largest absolute Gasteiger partial charge is 0.481 e. The standard InChI is InChI=1S/C9H13BrN2O/c1-3-7(10)6-8-11-5-4-9(12-8)13-2/h4-5,7H,3,6H2,1-2H3. The quantitative estimate of drug-likeness (QED) is 0.763. The third-order valence-electron chi connectivity index (χ3n) is 1.74. The van der Waals surface area contributed by atoms with E-state index >= 15 is 0 Å². The van der Waals surface area contributed by atoms with Gasteiger partial charge in [-0.15, -0.1) is 0 Å². The summed E-state index contributed by atoms with van der Waals surface area (Å²) < 4.78 is 5.00. The molecule has 0 aromatic carbocycles. The van der Waals surface area contributed by atoms with Crippen LogP contribution in [-0.2, 0) is 6.42 Å². The monoisotopic (exact) mass is 244 g/mol. The fourth-order valence-corrected chi connectivity index (χ4v) is 1.22. The van der Waals surface area contributed by atoms with Crippen molar-refractivity contribution in [2.24, 2.45) is 0 Å². The summed E-state index contributed by atoms with van der Waals surface area (Å²) >= 11 is 3.54. The molecule has 1 atom stereocenters. The molecule has 1 unspecified atom stereocenters. The number of ether oxygens (including phenoxy) is 1. The molecule has 0 aliphatic rings. The predicted molar refractivity (Wildman–Crippen MR) is 55.3 cm³/mol. The topological polar surface area (TPSA) is 35.0 Å². The maximum Gasteiger partial charge on any atom is 0.216 e. The van der Waals surface area contributed by atoms with Gasteiger partial charge < -0.3 is 4.74 Å². The summed E-state index contributed by atoms with van der Waals surface area (Å²) in [4.78, 5) is 8.81. The van der Waals surface area contributed by atoms with Crippen molar-refractivity contribution in [1.29, 1.82) is 0 Å². The van der Waals surface area contributed by atoms with E-state index in [9.17, 15) is 0 Å². The van der Waals surface area contributed by atoms with Gasteiger partial charge in [0.2, 0.25) is 5.88 Å². The lowest BCUT2D eigenvalue weighted by Gasteiger charge is -2.05. The van der Waals surface area contributed by atoms with Gasteiger partial charge in [-0.2, -0.15) is 4.98 Å². The second kappa shape index (κ2) is 5.17. The van der Waals surface area contributed by atoms with Gasteiger partial charge in [0.1, 0.15) is 5.82 Å². The number of rotatable bonds is 4. The van der Waals surface area contributed by atoms with E-state index in [1.54, 1.807) is 19.4 Å². The van der Waals surface area contributed by atoms with Crippen molar-refractivity contribution in [2.45, 2.75) is 24.6 Å². The summed E-state index contributed by atoms with van der Waals surface area (Å²) in [7, 11) is 1.61. The molecule has 1 rings (SSSR count). The van der Waals surface area contributed by atoms with Crippen molar-refractivity contribution < 1.29 is 4.74 Å². The van der Waals surface area contributed by atoms with Crippen LogP contribution in [0.5, 0.6) is 5.88 Å². The lowest BCUT2D eigenvalue weighted by molar-refractivity contribution is 0.394. The zero-order valence-corrected chi connectivity index (χ0v) is 9.41. The average molecular weight is 245 g/mol. The molecule has 13 heavy (non-hydrogen) atoms. The smallest absolute Gasteiger partial charge is 0.216 e. The van der Waals surface area contributed by atoms with Crippen LogP contribution in [-0.4, -0.2) is 21.9 Å². The molecule has 0 spiro atoms. The first-order chi connectivity index (χ1) is 6.26. The van der Waals surface area contributed by atoms with Gasteiger partial charge in [0.15, 0.2) is 0 Å². The fraction of sp³-hybridized carbons (Fsp3) is 0.556. The van der Waals surface area contributed by atoms with Crippen LogP contribution in [0.4, 0.5) is 0 Å². The van der Waals surface area contributed by atoms with Gasteiger partial charge in [0, 0.05) is 23.5 Å². The van der Waals surface area contributed by atoms with E-state index in [2.05, 4.69) is 32.8 Å². The summed E-state index contributed by atoms with van der Waals surface area (Å²) in [5.41, 5.74) is 0. The minimum Gasteiger partial charge on any atom is -0.481 e. The molecule has 0 N–H and O–H groups in total. The molecule has 0 aliphatic heterocycles. The van der Waals surface area contributed by atoms with E-state index in [1.807, 2.05) is 0 Å². The minimum absolute atomic E-state index is 0.444. The van der Waals surface area contributed by atoms with Crippen molar-refractivity contribution in [3.05, 3.63) is 18.1 Å². The fourth-order valence-electron chi connectivity index (χ4n) is 0.935. The molecule has 0 aliphatic carbocycles. The summed E-state index contributed by atoms with van der Waals surface area (Å²) in [5.74, 6) is 1.45. The van der Waals surface area contributed by atoms with E-state index in [-0.39, 0.29) is 0 Å². The molecule has 0 saturated heterocycles. The molecule has 0 bridgehead atoms. The number of hydrogen-bond donors (Lipinski definition) is 0. The van der Waals surface area contributed by atoms with Crippen LogP contribution < -0.4 is 4.74 Å². The molecular weight excluding hydrogens is 232 g/mol. The third-order valence-corrected chi connectivity index (χ3v) is 2.71. The Morgan fingerprint density at radius 1 is 1.62 bits per heavy atom. The van der Waals surface area contributed by atoms with Gasteiger partial charge in [0.25, 0.3) is 0 Å². The number of methoxy groups -OCH3 is 1. The van der Waals surface area contributed by atoms with Gasteiger partial charge in [-0.25, -0.2) is 4.98 Å². The Morgan fingerprint density at radius 2 is 2.38 bits per heavy atom. The maximum atomic E-state index is 5.00. The highest BCUT2D eigenvalue weighted by Gasteiger charge is 2.05. The van der Waals surface area contributed by atoms with Crippen LogP contribution in [0.25, 0.3) is 0 Å². The highest BCUT2D eigenvalue weighted by Crippen LogP contribution is 2.11. The number of hydrogen-bond acceptors (Lipinski definition) is 3. The van der Waals surface area contributed by atoms with Crippen molar-refractivity contribution in [2.75, 3.05) is 7.11 Å². The van der Waals surface area contributed by atoms with Gasteiger partial charge in [-0.3, -0.25) is 0 Å². The molecule has 1 aromatic heterocycles. The van der Waals surface area contributed by atoms with Crippen molar-refractivity contribution in [3.8, 4) is 5.88 Å². The van der Waals surface area contributed by atoms with E-state index in [0.717, 1.165) is 18.7 Å². The van der Waals surface area contributed by atoms with E-state index in [1.165, 1.54) is 0 Å². The van der Waals surface area contributed by atoms with Crippen LogP contribution in [0.3, 0.4) is 0 Å². The zero-order valence-electron chi connectivity index (χ0n) is 7.83. The van der Waals surface area contributed by atoms with Crippen molar-refractivity contribution in [3.63, 3.8) is 0 Å². The first-order valence-electron chi connectivity index (χ1n) is 4.26. The molecule has 4 heteroatoms. The maximum absolute atomic E-state index is 5.00. The highest BCUT2D eigenvalue weighted by atomic mass is 79.9. The van der Waals surface area contributed by atoms with E-state index in [0.29, 0.717) is 10.7 Å². The van der Waals surface area contributed by atoms with Crippen LogP contribution in [0, 0.1) is 0 Å². The van der Waals surface area contributed by atoms with Crippen LogP contribution in [0.15, 0.2) is 12.3 Å². The second-order valence-electron chi connectivity index (χ2n) is 2.72. The Kier molecular flexibility index (Phi) is 4.15. The Bertz CT molecular complexity index is 268. The Morgan fingerprint density at radius 3 is 3.00 bits per heavy atom. The summed E-state index contributed by atoms with van der Waals surface area (Å²) in [6, 6.07) is 1.75. The summed E-state index contributed by atoms with van der Waals surface area (Å²) in [6.07, 6.45) is 3.63. The van der Waals surface area contributed by atoms with Gasteiger partial charge in [-0.1, -0.05) is 22.9 Å². The number of nitrogens with zero attached hydrogens (tertiary/aromatic N) is 2. The highest BCUT2D eigenvalue weighted by molar-refractivity contribution is 9.09. The molecule has 0 radical (unpaired) electrons. The van der Waals surface area contributed by atoms with Gasteiger partial charge >= 0.3 is 0 Å². The molecule has 72 valence electrons. The molecule has 3 nitrogen and oxygen atoms in total. The Hall–Kier alpha value is -0.640. The summed E-state index contributed by atoms with van der Waals surface area (Å²) in [5, 5.41) is 0. The van der Waals surface area contributed by atoms with Crippen LogP contribution in [0.2, 0.25) is 0 Å². The third kappa shape index (κ3) is 3.30. The number of alkyl halides is 1. The van der Waals surface area contributed by atoms with Gasteiger partial charge in [0.05, 0.1) is 7.11 Å². The van der Waals surface area contributed by atoms with Crippen LogP contribution in [0.1, 0.15) is 19.2 Å². The lowest BCUT2D eigenvalue weighted by Crippen LogP contribution is -2.05. The van der Waals surface area contributed by atoms with E-state index < -0.39 is 0 Å². The second-order valence-corrected chi connectivity index (χ2v) is 4.02. The SMILES string of the molecule is CCC(Br)Cc1nccc(OC)n1.